The van der Waals surface area contributed by atoms with E-state index in [0.29, 0.717) is 17.9 Å². The Hall–Kier alpha value is -1.46. The predicted molar refractivity (Wildman–Crippen MR) is 70.8 cm³/mol. The molecule has 0 heterocycles. The molecule has 1 atom stereocenters. The van der Waals surface area contributed by atoms with E-state index in [2.05, 4.69) is 11.2 Å². The lowest BCUT2D eigenvalue weighted by Crippen LogP contribution is -2.35. The van der Waals surface area contributed by atoms with E-state index in [0.717, 1.165) is 12.0 Å². The second-order valence-electron chi connectivity index (χ2n) is 3.89. The molecule has 3 heteroatoms. The number of hydrogen-bond donors (Lipinski definition) is 1. The largest absolute Gasteiger partial charge is 0.352 e. The SMILES string of the molecule is C#CCC(CC)NC(=O)Cc1cccc(Cl)c1. The minimum absolute atomic E-state index is 0.0191. The highest BCUT2D eigenvalue weighted by atomic mass is 35.5. The molecule has 1 rings (SSSR count). The van der Waals surface area contributed by atoms with Crippen LogP contribution in [-0.4, -0.2) is 11.9 Å². The van der Waals surface area contributed by atoms with Crippen LogP contribution >= 0.6 is 11.6 Å². The normalized spacial score (nSPS) is 11.6. The summed E-state index contributed by atoms with van der Waals surface area (Å²) in [6.45, 7) is 2.00. The van der Waals surface area contributed by atoms with Crippen LogP contribution in [0.4, 0.5) is 0 Å². The molecule has 2 nitrogen and oxygen atoms in total. The molecule has 1 aromatic carbocycles. The summed E-state index contributed by atoms with van der Waals surface area (Å²) in [5, 5.41) is 3.56. The van der Waals surface area contributed by atoms with Crippen LogP contribution in [0.2, 0.25) is 5.02 Å². The Morgan fingerprint density at radius 2 is 2.35 bits per heavy atom. The van der Waals surface area contributed by atoms with Crippen molar-refractivity contribution in [3.05, 3.63) is 34.9 Å². The molecule has 0 bridgehead atoms. The van der Waals surface area contributed by atoms with E-state index in [4.69, 9.17) is 18.0 Å². The van der Waals surface area contributed by atoms with Gasteiger partial charge in [0.15, 0.2) is 0 Å². The molecule has 0 aliphatic carbocycles. The third kappa shape index (κ3) is 4.93. The summed E-state index contributed by atoms with van der Waals surface area (Å²) in [5.41, 5.74) is 0.908. The Kier molecular flexibility index (Phi) is 5.59. The number of carbonyl (C=O) groups is 1. The van der Waals surface area contributed by atoms with E-state index in [1.54, 1.807) is 12.1 Å². The van der Waals surface area contributed by atoms with Crippen LogP contribution in [0.25, 0.3) is 0 Å². The van der Waals surface area contributed by atoms with Gasteiger partial charge in [-0.3, -0.25) is 4.79 Å². The summed E-state index contributed by atoms with van der Waals surface area (Å²) in [5.74, 6) is 2.54. The van der Waals surface area contributed by atoms with Crippen LogP contribution in [0.1, 0.15) is 25.3 Å². The first kappa shape index (κ1) is 13.6. The standard InChI is InChI=1S/C14H16ClNO/c1-3-6-13(4-2)16-14(17)10-11-7-5-8-12(15)9-11/h1,5,7-9,13H,4,6,10H2,2H3,(H,16,17). The summed E-state index contributed by atoms with van der Waals surface area (Å²) in [6.07, 6.45) is 6.98. The number of halogens is 1. The maximum absolute atomic E-state index is 11.7. The number of nitrogens with one attached hydrogen (secondary N) is 1. The van der Waals surface area contributed by atoms with Crippen molar-refractivity contribution in [3.63, 3.8) is 0 Å². The molecule has 0 aliphatic heterocycles. The highest BCUT2D eigenvalue weighted by Gasteiger charge is 2.09. The van der Waals surface area contributed by atoms with E-state index in [1.807, 2.05) is 19.1 Å². The first-order valence-corrected chi connectivity index (χ1v) is 6.00. The van der Waals surface area contributed by atoms with Crippen LogP contribution in [0.5, 0.6) is 0 Å². The molecule has 90 valence electrons. The highest BCUT2D eigenvalue weighted by Crippen LogP contribution is 2.11. The fourth-order valence-electron chi connectivity index (χ4n) is 1.55. The highest BCUT2D eigenvalue weighted by molar-refractivity contribution is 6.30. The zero-order valence-electron chi connectivity index (χ0n) is 9.87. The van der Waals surface area contributed by atoms with Gasteiger partial charge < -0.3 is 5.32 Å². The number of carbonyl (C=O) groups excluding carboxylic acids is 1. The molecular formula is C14H16ClNO. The Labute approximate surface area is 107 Å². The van der Waals surface area contributed by atoms with Crippen molar-refractivity contribution < 1.29 is 4.79 Å². The smallest absolute Gasteiger partial charge is 0.224 e. The van der Waals surface area contributed by atoms with Gasteiger partial charge in [-0.15, -0.1) is 12.3 Å². The van der Waals surface area contributed by atoms with Crippen molar-refractivity contribution in [2.45, 2.75) is 32.2 Å². The van der Waals surface area contributed by atoms with Crippen LogP contribution < -0.4 is 5.32 Å². The molecule has 0 aliphatic rings. The molecule has 1 aromatic rings. The second kappa shape index (κ2) is 6.98. The van der Waals surface area contributed by atoms with Gasteiger partial charge in [-0.05, 0) is 24.1 Å². The van der Waals surface area contributed by atoms with Gasteiger partial charge >= 0.3 is 0 Å². The van der Waals surface area contributed by atoms with Gasteiger partial charge in [0.1, 0.15) is 0 Å². The molecule has 0 saturated heterocycles. The Morgan fingerprint density at radius 1 is 1.59 bits per heavy atom. The lowest BCUT2D eigenvalue weighted by Gasteiger charge is -2.14. The Balaban J connectivity index is 2.52. The first-order valence-electron chi connectivity index (χ1n) is 5.63. The number of rotatable bonds is 5. The first-order chi connectivity index (χ1) is 8.15. The topological polar surface area (TPSA) is 29.1 Å². The van der Waals surface area contributed by atoms with Crippen molar-refractivity contribution in [3.8, 4) is 12.3 Å². The summed E-state index contributed by atoms with van der Waals surface area (Å²) < 4.78 is 0. The van der Waals surface area contributed by atoms with Gasteiger partial charge in [0, 0.05) is 17.5 Å². The van der Waals surface area contributed by atoms with E-state index < -0.39 is 0 Å². The Morgan fingerprint density at radius 3 is 2.94 bits per heavy atom. The van der Waals surface area contributed by atoms with Gasteiger partial charge in [0.05, 0.1) is 6.42 Å². The van der Waals surface area contributed by atoms with Crippen LogP contribution in [0.15, 0.2) is 24.3 Å². The van der Waals surface area contributed by atoms with E-state index in [-0.39, 0.29) is 11.9 Å². The van der Waals surface area contributed by atoms with Crippen molar-refractivity contribution in [1.82, 2.24) is 5.32 Å². The lowest BCUT2D eigenvalue weighted by molar-refractivity contribution is -0.121. The monoisotopic (exact) mass is 249 g/mol. The molecular weight excluding hydrogens is 234 g/mol. The van der Waals surface area contributed by atoms with Crippen molar-refractivity contribution in [2.75, 3.05) is 0 Å². The molecule has 1 amide bonds. The minimum atomic E-state index is -0.0191. The molecule has 1 N–H and O–H groups in total. The Bertz CT molecular complexity index is 422. The summed E-state index contributed by atoms with van der Waals surface area (Å²) >= 11 is 5.85. The quantitative estimate of drug-likeness (QED) is 0.799. The van der Waals surface area contributed by atoms with Gasteiger partial charge in [0.2, 0.25) is 5.91 Å². The average Bonchev–Trinajstić information content (AvgIpc) is 2.28. The van der Waals surface area contributed by atoms with Gasteiger partial charge in [0.25, 0.3) is 0 Å². The number of benzene rings is 1. The molecule has 0 spiro atoms. The molecule has 1 unspecified atom stereocenters. The maximum atomic E-state index is 11.7. The van der Waals surface area contributed by atoms with Crippen LogP contribution in [0, 0.1) is 12.3 Å². The molecule has 17 heavy (non-hydrogen) atoms. The fraction of sp³-hybridized carbons (Fsp3) is 0.357. The van der Waals surface area contributed by atoms with E-state index >= 15 is 0 Å². The minimum Gasteiger partial charge on any atom is -0.352 e. The lowest BCUT2D eigenvalue weighted by atomic mass is 10.1. The van der Waals surface area contributed by atoms with Crippen molar-refractivity contribution in [2.24, 2.45) is 0 Å². The summed E-state index contributed by atoms with van der Waals surface area (Å²) in [7, 11) is 0. The van der Waals surface area contributed by atoms with Gasteiger partial charge in [-0.2, -0.15) is 0 Å². The maximum Gasteiger partial charge on any atom is 0.224 e. The van der Waals surface area contributed by atoms with Gasteiger partial charge in [-0.25, -0.2) is 0 Å². The van der Waals surface area contributed by atoms with E-state index in [9.17, 15) is 4.79 Å². The average molecular weight is 250 g/mol. The number of amides is 1. The molecule has 0 fully saturated rings. The summed E-state index contributed by atoms with van der Waals surface area (Å²) in [4.78, 5) is 11.7. The third-order valence-electron chi connectivity index (χ3n) is 2.48. The zero-order chi connectivity index (χ0) is 12.7. The third-order valence-corrected chi connectivity index (χ3v) is 2.71. The van der Waals surface area contributed by atoms with Crippen molar-refractivity contribution >= 4 is 17.5 Å². The molecule has 0 saturated carbocycles. The van der Waals surface area contributed by atoms with Crippen molar-refractivity contribution in [1.29, 1.82) is 0 Å². The van der Waals surface area contributed by atoms with E-state index in [1.165, 1.54) is 0 Å². The van der Waals surface area contributed by atoms with Crippen LogP contribution in [0.3, 0.4) is 0 Å². The fourth-order valence-corrected chi connectivity index (χ4v) is 1.76. The zero-order valence-corrected chi connectivity index (χ0v) is 10.6. The van der Waals surface area contributed by atoms with Gasteiger partial charge in [-0.1, -0.05) is 30.7 Å². The predicted octanol–water partition coefficient (Wildman–Crippen LogP) is 2.80. The molecule has 0 radical (unpaired) electrons. The number of hydrogen-bond acceptors (Lipinski definition) is 1. The number of terminal acetylenes is 1. The van der Waals surface area contributed by atoms with Crippen LogP contribution in [-0.2, 0) is 11.2 Å². The summed E-state index contributed by atoms with van der Waals surface area (Å²) in [6, 6.07) is 7.36. The molecule has 0 aromatic heterocycles. The second-order valence-corrected chi connectivity index (χ2v) is 4.32.